The number of hydrogen-bond donors (Lipinski definition) is 0. The van der Waals surface area contributed by atoms with E-state index in [0.29, 0.717) is 5.41 Å². The van der Waals surface area contributed by atoms with Crippen molar-refractivity contribution in [1.82, 2.24) is 0 Å². The monoisotopic (exact) mass is 355 g/mol. The molecule has 0 unspecified atom stereocenters. The molecule has 0 aromatic heterocycles. The van der Waals surface area contributed by atoms with Crippen LogP contribution in [0.1, 0.15) is 71.1 Å². The molecule has 0 heterocycles. The number of rotatable bonds is 3. The summed E-state index contributed by atoms with van der Waals surface area (Å²) >= 11 is 0. The Hall–Kier alpha value is -1.76. The Balaban J connectivity index is 0.000000404. The maximum absolute atomic E-state index is 2.34. The lowest BCUT2D eigenvalue weighted by molar-refractivity contribution is 0.787. The quantitative estimate of drug-likeness (QED) is 0.549. The first-order valence-electron chi connectivity index (χ1n) is 10.3. The van der Waals surface area contributed by atoms with Gasteiger partial charge in [0, 0.05) is 19.3 Å². The number of anilines is 1. The summed E-state index contributed by atoms with van der Waals surface area (Å²) in [5.41, 5.74) is 6.02. The minimum atomic E-state index is 0.535. The molecular formula is C25H41N. The Morgan fingerprint density at radius 3 is 1.50 bits per heavy atom. The average Bonchev–Trinajstić information content (AvgIpc) is 3.44. The van der Waals surface area contributed by atoms with Crippen molar-refractivity contribution in [2.75, 3.05) is 18.5 Å². The molecule has 0 amide bonds. The molecule has 0 aliphatic heterocycles. The molecule has 1 saturated carbocycles. The average molecular weight is 356 g/mol. The first-order valence-corrected chi connectivity index (χ1v) is 10.3. The van der Waals surface area contributed by atoms with E-state index in [2.05, 4.69) is 88.2 Å². The second kappa shape index (κ2) is 12.6. The van der Waals surface area contributed by atoms with Crippen molar-refractivity contribution < 1.29 is 0 Å². The van der Waals surface area contributed by atoms with Gasteiger partial charge in [0.05, 0.1) is 0 Å². The van der Waals surface area contributed by atoms with Crippen molar-refractivity contribution >= 4 is 5.69 Å². The SMILES string of the molecule is CC.CC.CCN(C)c1ccc(C)cc1.Cc1ccc(C2(C)CC2)cc1. The molecule has 0 bridgehead atoms. The molecule has 2 aromatic rings. The minimum Gasteiger partial charge on any atom is -0.375 e. The molecule has 1 aliphatic rings. The van der Waals surface area contributed by atoms with Gasteiger partial charge in [-0.25, -0.2) is 0 Å². The van der Waals surface area contributed by atoms with Crippen LogP contribution in [0.5, 0.6) is 0 Å². The first-order chi connectivity index (χ1) is 12.4. The van der Waals surface area contributed by atoms with Crippen LogP contribution in [0.3, 0.4) is 0 Å². The maximum Gasteiger partial charge on any atom is 0.0363 e. The van der Waals surface area contributed by atoms with Gasteiger partial charge in [-0.3, -0.25) is 0 Å². The van der Waals surface area contributed by atoms with Crippen LogP contribution >= 0.6 is 0 Å². The number of hydrogen-bond acceptors (Lipinski definition) is 1. The second-order valence-electron chi connectivity index (χ2n) is 6.78. The van der Waals surface area contributed by atoms with Crippen molar-refractivity contribution in [3.63, 3.8) is 0 Å². The summed E-state index contributed by atoms with van der Waals surface area (Å²) in [5, 5.41) is 0. The molecule has 1 nitrogen and oxygen atoms in total. The highest BCUT2D eigenvalue weighted by Crippen LogP contribution is 2.47. The normalized spacial score (nSPS) is 13.0. The van der Waals surface area contributed by atoms with E-state index in [9.17, 15) is 0 Å². The lowest BCUT2D eigenvalue weighted by Gasteiger charge is -2.16. The molecule has 1 fully saturated rings. The van der Waals surface area contributed by atoms with Gasteiger partial charge in [-0.2, -0.15) is 0 Å². The van der Waals surface area contributed by atoms with E-state index in [1.807, 2.05) is 27.7 Å². The van der Waals surface area contributed by atoms with Gasteiger partial charge in [0.1, 0.15) is 0 Å². The number of benzene rings is 2. The summed E-state index contributed by atoms with van der Waals surface area (Å²) in [6.45, 7) is 17.8. The van der Waals surface area contributed by atoms with Crippen molar-refractivity contribution in [3.05, 3.63) is 65.2 Å². The van der Waals surface area contributed by atoms with Crippen LogP contribution in [0.25, 0.3) is 0 Å². The molecule has 1 heteroatoms. The third-order valence-corrected chi connectivity index (χ3v) is 4.70. The molecule has 0 spiro atoms. The van der Waals surface area contributed by atoms with Gasteiger partial charge in [-0.05, 0) is 56.7 Å². The van der Waals surface area contributed by atoms with Crippen molar-refractivity contribution in [3.8, 4) is 0 Å². The Bertz CT molecular complexity index is 577. The fraction of sp³-hybridized carbons (Fsp3) is 0.520. The van der Waals surface area contributed by atoms with Crippen LogP contribution in [-0.4, -0.2) is 13.6 Å². The van der Waals surface area contributed by atoms with Gasteiger partial charge in [0.25, 0.3) is 0 Å². The summed E-state index contributed by atoms with van der Waals surface area (Å²) in [7, 11) is 2.10. The van der Waals surface area contributed by atoms with Crippen LogP contribution in [0.4, 0.5) is 5.69 Å². The van der Waals surface area contributed by atoms with E-state index in [4.69, 9.17) is 0 Å². The summed E-state index contributed by atoms with van der Waals surface area (Å²) in [6.07, 6.45) is 2.74. The van der Waals surface area contributed by atoms with Crippen LogP contribution in [0, 0.1) is 13.8 Å². The van der Waals surface area contributed by atoms with Crippen molar-refractivity contribution in [2.24, 2.45) is 0 Å². The third kappa shape index (κ3) is 8.08. The topological polar surface area (TPSA) is 3.24 Å². The number of aryl methyl sites for hydroxylation is 2. The van der Waals surface area contributed by atoms with E-state index in [0.717, 1.165) is 6.54 Å². The Labute approximate surface area is 163 Å². The Morgan fingerprint density at radius 1 is 0.769 bits per heavy atom. The van der Waals surface area contributed by atoms with Gasteiger partial charge in [0.2, 0.25) is 0 Å². The summed E-state index contributed by atoms with van der Waals surface area (Å²) < 4.78 is 0. The van der Waals surface area contributed by atoms with E-state index in [-0.39, 0.29) is 0 Å². The Morgan fingerprint density at radius 2 is 1.15 bits per heavy atom. The molecule has 3 rings (SSSR count). The van der Waals surface area contributed by atoms with Crippen molar-refractivity contribution in [2.45, 2.75) is 73.6 Å². The fourth-order valence-electron chi connectivity index (χ4n) is 2.41. The fourth-order valence-corrected chi connectivity index (χ4v) is 2.41. The van der Waals surface area contributed by atoms with Gasteiger partial charge < -0.3 is 4.90 Å². The zero-order chi connectivity index (χ0) is 20.2. The molecule has 1 aliphatic carbocycles. The van der Waals surface area contributed by atoms with Crippen molar-refractivity contribution in [1.29, 1.82) is 0 Å². The third-order valence-electron chi connectivity index (χ3n) is 4.70. The smallest absolute Gasteiger partial charge is 0.0363 e. The van der Waals surface area contributed by atoms with E-state index < -0.39 is 0 Å². The van der Waals surface area contributed by atoms with E-state index >= 15 is 0 Å². The summed E-state index contributed by atoms with van der Waals surface area (Å²) in [4.78, 5) is 2.22. The zero-order valence-electron chi connectivity index (χ0n) is 18.7. The first kappa shape index (κ1) is 24.2. The lowest BCUT2D eigenvalue weighted by Crippen LogP contribution is -2.15. The highest BCUT2D eigenvalue weighted by Gasteiger charge is 2.38. The van der Waals surface area contributed by atoms with E-state index in [1.54, 1.807) is 0 Å². The zero-order valence-corrected chi connectivity index (χ0v) is 18.7. The van der Waals surface area contributed by atoms with Crippen LogP contribution in [0.15, 0.2) is 48.5 Å². The van der Waals surface area contributed by atoms with Crippen LogP contribution < -0.4 is 4.90 Å². The van der Waals surface area contributed by atoms with Gasteiger partial charge in [-0.15, -0.1) is 0 Å². The largest absolute Gasteiger partial charge is 0.375 e. The highest BCUT2D eigenvalue weighted by atomic mass is 15.1. The summed E-state index contributed by atoms with van der Waals surface area (Å²) in [5.74, 6) is 0. The van der Waals surface area contributed by atoms with Crippen LogP contribution in [-0.2, 0) is 5.41 Å². The van der Waals surface area contributed by atoms with E-state index in [1.165, 1.54) is 35.2 Å². The predicted octanol–water partition coefficient (Wildman–Crippen LogP) is 7.55. The lowest BCUT2D eigenvalue weighted by atomic mass is 9.98. The van der Waals surface area contributed by atoms with Gasteiger partial charge in [-0.1, -0.05) is 82.1 Å². The molecule has 0 atom stereocenters. The second-order valence-corrected chi connectivity index (χ2v) is 6.78. The molecule has 2 aromatic carbocycles. The van der Waals surface area contributed by atoms with Gasteiger partial charge >= 0.3 is 0 Å². The molecular weight excluding hydrogens is 314 g/mol. The molecule has 0 saturated heterocycles. The Kier molecular flexibility index (Phi) is 11.7. The minimum absolute atomic E-state index is 0.535. The predicted molar refractivity (Wildman–Crippen MR) is 121 cm³/mol. The van der Waals surface area contributed by atoms with Gasteiger partial charge in [0.15, 0.2) is 0 Å². The molecule has 0 N–H and O–H groups in total. The van der Waals surface area contributed by atoms with Crippen LogP contribution in [0.2, 0.25) is 0 Å². The maximum atomic E-state index is 2.34. The molecule has 146 valence electrons. The standard InChI is InChI=1S/C11H14.C10H15N.2C2H6/c1-9-3-5-10(6-4-9)11(2)7-8-11;1-4-11(3)10-7-5-9(2)6-8-10;2*1-2/h3-6H,7-8H2,1-2H3;5-8H,4H2,1-3H3;2*1-2H3. The highest BCUT2D eigenvalue weighted by molar-refractivity contribution is 5.46. The number of nitrogens with zero attached hydrogens (tertiary/aromatic N) is 1. The summed E-state index contributed by atoms with van der Waals surface area (Å²) in [6, 6.07) is 17.5. The molecule has 0 radical (unpaired) electrons. The molecule has 26 heavy (non-hydrogen) atoms.